The second-order valence-corrected chi connectivity index (χ2v) is 5.47. The van der Waals surface area contributed by atoms with E-state index in [1.165, 1.54) is 5.56 Å². The van der Waals surface area contributed by atoms with Crippen molar-refractivity contribution in [3.05, 3.63) is 69.2 Å². The Balaban J connectivity index is 2.25. The number of hydrogen-bond donors (Lipinski definition) is 1. The summed E-state index contributed by atoms with van der Waals surface area (Å²) in [5.74, 6) is 0. The summed E-state index contributed by atoms with van der Waals surface area (Å²) < 4.78 is 0. The lowest BCUT2D eigenvalue weighted by atomic mass is 9.99. The molecule has 0 amide bonds. The predicted molar refractivity (Wildman–Crippen MR) is 81.0 cm³/mol. The minimum Gasteiger partial charge on any atom is -0.384 e. The van der Waals surface area contributed by atoms with E-state index >= 15 is 0 Å². The van der Waals surface area contributed by atoms with E-state index in [1.807, 2.05) is 24.3 Å². The maximum atomic E-state index is 10.3. The van der Waals surface area contributed by atoms with Gasteiger partial charge in [-0.25, -0.2) is 0 Å². The predicted octanol–water partition coefficient (Wildman–Crippen LogP) is 5.03. The normalized spacial score (nSPS) is 12.4. The molecule has 0 fully saturated rings. The molecule has 2 rings (SSSR count). The van der Waals surface area contributed by atoms with E-state index in [0.29, 0.717) is 15.6 Å². The molecular formula is C16H16Cl2O. The molecule has 0 spiro atoms. The molecule has 2 aromatic rings. The Labute approximate surface area is 123 Å². The number of rotatable bonds is 4. The Morgan fingerprint density at radius 1 is 0.947 bits per heavy atom. The Bertz CT molecular complexity index is 529. The first-order valence-corrected chi connectivity index (χ1v) is 7.08. The van der Waals surface area contributed by atoms with Crippen LogP contribution >= 0.6 is 23.2 Å². The quantitative estimate of drug-likeness (QED) is 0.839. The van der Waals surface area contributed by atoms with Gasteiger partial charge in [-0.15, -0.1) is 0 Å². The maximum absolute atomic E-state index is 10.3. The highest BCUT2D eigenvalue weighted by atomic mass is 35.5. The van der Waals surface area contributed by atoms with Crippen LogP contribution in [0.3, 0.4) is 0 Å². The van der Waals surface area contributed by atoms with Crippen molar-refractivity contribution in [2.75, 3.05) is 0 Å². The van der Waals surface area contributed by atoms with Gasteiger partial charge < -0.3 is 5.11 Å². The molecule has 1 nitrogen and oxygen atoms in total. The van der Waals surface area contributed by atoms with Gasteiger partial charge in [-0.1, -0.05) is 60.8 Å². The van der Waals surface area contributed by atoms with Crippen LogP contribution in [0, 0.1) is 0 Å². The van der Waals surface area contributed by atoms with Crippen molar-refractivity contribution in [2.24, 2.45) is 0 Å². The summed E-state index contributed by atoms with van der Waals surface area (Å²) in [7, 11) is 0. The molecule has 100 valence electrons. The van der Waals surface area contributed by atoms with Crippen LogP contribution in [0.15, 0.2) is 42.5 Å². The summed E-state index contributed by atoms with van der Waals surface area (Å²) >= 11 is 11.9. The van der Waals surface area contributed by atoms with Crippen LogP contribution < -0.4 is 0 Å². The van der Waals surface area contributed by atoms with Crippen LogP contribution in [0.2, 0.25) is 10.0 Å². The second-order valence-electron chi connectivity index (χ2n) is 4.60. The lowest BCUT2D eigenvalue weighted by Gasteiger charge is -2.13. The van der Waals surface area contributed by atoms with Crippen LogP contribution in [0.4, 0.5) is 0 Å². The molecular weight excluding hydrogens is 279 g/mol. The highest BCUT2D eigenvalue weighted by Gasteiger charge is 2.11. The van der Waals surface area contributed by atoms with Crippen molar-refractivity contribution in [3.63, 3.8) is 0 Å². The summed E-state index contributed by atoms with van der Waals surface area (Å²) in [4.78, 5) is 0. The van der Waals surface area contributed by atoms with Gasteiger partial charge in [-0.3, -0.25) is 0 Å². The molecule has 1 atom stereocenters. The van der Waals surface area contributed by atoms with Gasteiger partial charge in [0.1, 0.15) is 6.10 Å². The zero-order valence-corrected chi connectivity index (χ0v) is 12.2. The largest absolute Gasteiger partial charge is 0.384 e. The van der Waals surface area contributed by atoms with Crippen molar-refractivity contribution in [3.8, 4) is 0 Å². The monoisotopic (exact) mass is 294 g/mol. The fraction of sp³-hybridized carbons (Fsp3) is 0.250. The van der Waals surface area contributed by atoms with E-state index in [4.69, 9.17) is 23.2 Å². The van der Waals surface area contributed by atoms with Crippen LogP contribution in [0.1, 0.15) is 36.1 Å². The van der Waals surface area contributed by atoms with Gasteiger partial charge in [-0.05, 0) is 41.3 Å². The molecule has 0 saturated heterocycles. The number of aryl methyl sites for hydroxylation is 1. The number of halogens is 2. The van der Waals surface area contributed by atoms with Gasteiger partial charge in [-0.2, -0.15) is 0 Å². The third-order valence-corrected chi connectivity index (χ3v) is 3.47. The Kier molecular flexibility index (Phi) is 4.87. The molecule has 19 heavy (non-hydrogen) atoms. The second kappa shape index (κ2) is 6.42. The third kappa shape index (κ3) is 3.73. The molecule has 0 aliphatic carbocycles. The smallest absolute Gasteiger partial charge is 0.104 e. The summed E-state index contributed by atoms with van der Waals surface area (Å²) in [6.45, 7) is 2.15. The van der Waals surface area contributed by atoms with Crippen LogP contribution in [0.5, 0.6) is 0 Å². The topological polar surface area (TPSA) is 20.2 Å². The van der Waals surface area contributed by atoms with Crippen molar-refractivity contribution < 1.29 is 5.11 Å². The van der Waals surface area contributed by atoms with Gasteiger partial charge in [0.25, 0.3) is 0 Å². The van der Waals surface area contributed by atoms with Crippen molar-refractivity contribution >= 4 is 23.2 Å². The third-order valence-electron chi connectivity index (χ3n) is 3.03. The van der Waals surface area contributed by atoms with E-state index in [1.54, 1.807) is 18.2 Å². The number of hydrogen-bond acceptors (Lipinski definition) is 1. The van der Waals surface area contributed by atoms with Gasteiger partial charge >= 0.3 is 0 Å². The maximum Gasteiger partial charge on any atom is 0.104 e. The van der Waals surface area contributed by atoms with E-state index < -0.39 is 6.10 Å². The van der Waals surface area contributed by atoms with Gasteiger partial charge in [0.2, 0.25) is 0 Å². The van der Waals surface area contributed by atoms with Crippen LogP contribution in [0.25, 0.3) is 0 Å². The summed E-state index contributed by atoms with van der Waals surface area (Å²) in [6, 6.07) is 13.1. The molecule has 0 aliphatic rings. The summed E-state index contributed by atoms with van der Waals surface area (Å²) in [5.41, 5.74) is 2.83. The fourth-order valence-electron chi connectivity index (χ4n) is 2.08. The number of aliphatic hydroxyl groups excluding tert-OH is 1. The average Bonchev–Trinajstić information content (AvgIpc) is 2.38. The zero-order valence-electron chi connectivity index (χ0n) is 10.7. The Hall–Kier alpha value is -1.02. The minimum atomic E-state index is -0.702. The zero-order chi connectivity index (χ0) is 13.8. The van der Waals surface area contributed by atoms with E-state index in [0.717, 1.165) is 18.4 Å². The molecule has 0 heterocycles. The first-order valence-electron chi connectivity index (χ1n) is 6.33. The number of aliphatic hydroxyl groups is 1. The lowest BCUT2D eigenvalue weighted by Crippen LogP contribution is -2.00. The van der Waals surface area contributed by atoms with Crippen molar-refractivity contribution in [2.45, 2.75) is 25.9 Å². The van der Waals surface area contributed by atoms with Gasteiger partial charge in [0.05, 0.1) is 0 Å². The van der Waals surface area contributed by atoms with E-state index in [2.05, 4.69) is 6.92 Å². The molecule has 1 N–H and O–H groups in total. The molecule has 2 aromatic carbocycles. The molecule has 0 radical (unpaired) electrons. The van der Waals surface area contributed by atoms with E-state index in [-0.39, 0.29) is 0 Å². The Morgan fingerprint density at radius 2 is 1.53 bits per heavy atom. The van der Waals surface area contributed by atoms with Crippen LogP contribution in [-0.2, 0) is 6.42 Å². The fourth-order valence-corrected chi connectivity index (χ4v) is 2.62. The minimum absolute atomic E-state index is 0.532. The molecule has 0 aliphatic heterocycles. The standard InChI is InChI=1S/C16H16Cl2O/c1-2-3-11-4-6-12(7-5-11)16(19)13-8-14(17)10-15(18)9-13/h4-10,16,19H,2-3H2,1H3. The van der Waals surface area contributed by atoms with Crippen molar-refractivity contribution in [1.29, 1.82) is 0 Å². The molecule has 1 unspecified atom stereocenters. The SMILES string of the molecule is CCCc1ccc(C(O)c2cc(Cl)cc(Cl)c2)cc1. The average molecular weight is 295 g/mol. The highest BCUT2D eigenvalue weighted by Crippen LogP contribution is 2.27. The van der Waals surface area contributed by atoms with Gasteiger partial charge in [0, 0.05) is 10.0 Å². The number of benzene rings is 2. The molecule has 0 bridgehead atoms. The van der Waals surface area contributed by atoms with Crippen LogP contribution in [-0.4, -0.2) is 5.11 Å². The first-order chi connectivity index (χ1) is 9.10. The molecule has 3 heteroatoms. The van der Waals surface area contributed by atoms with Crippen molar-refractivity contribution in [1.82, 2.24) is 0 Å². The molecule has 0 aromatic heterocycles. The van der Waals surface area contributed by atoms with Gasteiger partial charge in [0.15, 0.2) is 0 Å². The highest BCUT2D eigenvalue weighted by molar-refractivity contribution is 6.34. The first kappa shape index (κ1) is 14.4. The lowest BCUT2D eigenvalue weighted by molar-refractivity contribution is 0.220. The summed E-state index contributed by atoms with van der Waals surface area (Å²) in [6.07, 6.45) is 1.47. The Morgan fingerprint density at radius 3 is 2.05 bits per heavy atom. The molecule has 0 saturated carbocycles. The summed E-state index contributed by atoms with van der Waals surface area (Å²) in [5, 5.41) is 11.4. The van der Waals surface area contributed by atoms with E-state index in [9.17, 15) is 5.11 Å².